The predicted molar refractivity (Wildman–Crippen MR) is 156 cm³/mol. The molecule has 3 fully saturated rings. The molecule has 2 aromatic carbocycles. The molecular formula is C30H28Cl2FN3O4S. The molecule has 1 unspecified atom stereocenters. The fraction of sp³-hybridized carbons (Fsp3) is 0.433. The van der Waals surface area contributed by atoms with Gasteiger partial charge in [-0.15, -0.1) is 0 Å². The monoisotopic (exact) mass is 615 g/mol. The fourth-order valence-corrected chi connectivity index (χ4v) is 8.06. The van der Waals surface area contributed by atoms with Crippen molar-refractivity contribution in [2.75, 3.05) is 31.7 Å². The lowest BCUT2D eigenvalue weighted by atomic mass is 10.0. The first-order valence-corrected chi connectivity index (χ1v) is 15.4. The average Bonchev–Trinajstić information content (AvgIpc) is 3.24. The number of halogens is 3. The minimum Gasteiger partial charge on any atom is -0.465 e. The Morgan fingerprint density at radius 1 is 1.17 bits per heavy atom. The summed E-state index contributed by atoms with van der Waals surface area (Å²) in [5.41, 5.74) is 2.82. The smallest absolute Gasteiger partial charge is 0.338 e. The molecule has 2 aliphatic carbocycles. The van der Waals surface area contributed by atoms with E-state index in [9.17, 15) is 9.18 Å². The number of hydrogen-bond acceptors (Lipinski definition) is 8. The Balaban J connectivity index is 0.990. The Labute approximate surface area is 250 Å². The molecule has 0 bridgehead atoms. The Bertz CT molecular complexity index is 1600. The van der Waals surface area contributed by atoms with Gasteiger partial charge in [0.2, 0.25) is 0 Å². The van der Waals surface area contributed by atoms with Crippen molar-refractivity contribution in [3.05, 3.63) is 63.1 Å². The van der Waals surface area contributed by atoms with Gasteiger partial charge in [0, 0.05) is 36.7 Å². The number of esters is 1. The number of methoxy groups -OCH3 is 1. The van der Waals surface area contributed by atoms with Crippen molar-refractivity contribution in [1.82, 2.24) is 10.1 Å². The summed E-state index contributed by atoms with van der Waals surface area (Å²) in [6.07, 6.45) is 4.34. The van der Waals surface area contributed by atoms with Gasteiger partial charge in [0.05, 0.1) is 34.0 Å². The molecule has 3 aliphatic rings. The van der Waals surface area contributed by atoms with Crippen molar-refractivity contribution >= 4 is 55.9 Å². The summed E-state index contributed by atoms with van der Waals surface area (Å²) < 4.78 is 32.1. The number of ether oxygens (including phenoxy) is 2. The van der Waals surface area contributed by atoms with E-state index in [1.807, 2.05) is 18.2 Å². The van der Waals surface area contributed by atoms with Crippen LogP contribution in [-0.4, -0.2) is 42.9 Å². The summed E-state index contributed by atoms with van der Waals surface area (Å²) in [5, 5.41) is 6.25. The van der Waals surface area contributed by atoms with E-state index in [0.29, 0.717) is 68.4 Å². The van der Waals surface area contributed by atoms with Crippen LogP contribution in [0.2, 0.25) is 10.0 Å². The third kappa shape index (κ3) is 5.11. The second-order valence-corrected chi connectivity index (χ2v) is 13.1. The van der Waals surface area contributed by atoms with Crippen LogP contribution >= 0.6 is 34.5 Å². The highest BCUT2D eigenvalue weighted by Gasteiger charge is 2.42. The maximum absolute atomic E-state index is 14.7. The van der Waals surface area contributed by atoms with Crippen LogP contribution in [0.4, 0.5) is 9.52 Å². The molecule has 1 saturated heterocycles. The van der Waals surface area contributed by atoms with Gasteiger partial charge in [0.1, 0.15) is 17.0 Å². The molecule has 11 heteroatoms. The Hall–Kier alpha value is -2.72. The second-order valence-electron chi connectivity index (χ2n) is 11.3. The molecule has 0 N–H and O–H groups in total. The lowest BCUT2D eigenvalue weighted by molar-refractivity contribution is 0.0600. The standard InChI is InChI=1S/C30H28Cl2FN3O4S/c1-38-29(37)17-9-23(33)27-24(10-17)41-30(34-27)36-11-18-7-15(8-19(18)12-36)13-39-14-20-26(35-40-28(20)16-5-6-16)25-21(31)3-2-4-22(25)32/h2-4,9-10,15-16,18-19H,5-8,11-14H2,1H3/t15?,18-,19+. The maximum atomic E-state index is 14.7. The van der Waals surface area contributed by atoms with Crippen LogP contribution in [0, 0.1) is 23.6 Å². The number of carbonyl (C=O) groups excluding carboxylic acids is 1. The topological polar surface area (TPSA) is 77.7 Å². The van der Waals surface area contributed by atoms with Crippen LogP contribution in [-0.2, 0) is 16.1 Å². The Kier molecular flexibility index (Phi) is 7.17. The number of anilines is 1. The Morgan fingerprint density at radius 3 is 2.59 bits per heavy atom. The van der Waals surface area contributed by atoms with Gasteiger partial charge in [-0.25, -0.2) is 14.2 Å². The number of carbonyl (C=O) groups is 1. The van der Waals surface area contributed by atoms with Gasteiger partial charge >= 0.3 is 5.97 Å². The summed E-state index contributed by atoms with van der Waals surface area (Å²) >= 11 is 14.4. The minimum atomic E-state index is -0.554. The van der Waals surface area contributed by atoms with E-state index >= 15 is 0 Å². The van der Waals surface area contributed by atoms with Crippen molar-refractivity contribution in [1.29, 1.82) is 0 Å². The normalized spacial score (nSPS) is 22.0. The highest BCUT2D eigenvalue weighted by atomic mass is 35.5. The van der Waals surface area contributed by atoms with E-state index in [-0.39, 0.29) is 5.56 Å². The molecule has 2 saturated carbocycles. The molecule has 0 spiro atoms. The van der Waals surface area contributed by atoms with E-state index < -0.39 is 11.8 Å². The number of benzene rings is 2. The molecule has 0 amide bonds. The van der Waals surface area contributed by atoms with Gasteiger partial charge in [-0.1, -0.05) is 45.8 Å². The summed E-state index contributed by atoms with van der Waals surface area (Å²) in [5.74, 6) is 1.78. The zero-order valence-corrected chi connectivity index (χ0v) is 24.7. The largest absolute Gasteiger partial charge is 0.465 e. The van der Waals surface area contributed by atoms with E-state index in [2.05, 4.69) is 15.0 Å². The van der Waals surface area contributed by atoms with Crippen LogP contribution in [0.15, 0.2) is 34.9 Å². The van der Waals surface area contributed by atoms with Gasteiger partial charge in [0.25, 0.3) is 0 Å². The molecule has 41 heavy (non-hydrogen) atoms. The van der Waals surface area contributed by atoms with Gasteiger partial charge in [-0.05, 0) is 67.7 Å². The lowest BCUT2D eigenvalue weighted by Crippen LogP contribution is -2.22. The minimum absolute atomic E-state index is 0.200. The number of thiazole rings is 1. The predicted octanol–water partition coefficient (Wildman–Crippen LogP) is 7.74. The van der Waals surface area contributed by atoms with Crippen LogP contribution in [0.3, 0.4) is 0 Å². The molecule has 4 aromatic rings. The van der Waals surface area contributed by atoms with Crippen molar-refractivity contribution in [2.45, 2.75) is 38.2 Å². The lowest BCUT2D eigenvalue weighted by Gasteiger charge is -2.18. The number of hydrogen-bond donors (Lipinski definition) is 0. The van der Waals surface area contributed by atoms with Crippen molar-refractivity contribution in [3.8, 4) is 11.3 Å². The molecule has 2 aromatic heterocycles. The van der Waals surface area contributed by atoms with E-state index in [0.717, 1.165) is 55.2 Å². The number of nitrogens with zero attached hydrogens (tertiary/aromatic N) is 3. The van der Waals surface area contributed by atoms with Crippen molar-refractivity contribution in [2.24, 2.45) is 17.8 Å². The molecule has 3 atom stereocenters. The first-order chi connectivity index (χ1) is 19.9. The van der Waals surface area contributed by atoms with Crippen LogP contribution in [0.5, 0.6) is 0 Å². The Morgan fingerprint density at radius 2 is 1.90 bits per heavy atom. The third-order valence-electron chi connectivity index (χ3n) is 8.54. The first kappa shape index (κ1) is 27.1. The zero-order valence-electron chi connectivity index (χ0n) is 22.4. The van der Waals surface area contributed by atoms with E-state index in [1.165, 1.54) is 24.5 Å². The second kappa shape index (κ2) is 10.8. The van der Waals surface area contributed by atoms with Crippen molar-refractivity contribution < 1.29 is 23.2 Å². The maximum Gasteiger partial charge on any atom is 0.338 e. The highest BCUT2D eigenvalue weighted by Crippen LogP contribution is 2.47. The molecule has 1 aliphatic heterocycles. The van der Waals surface area contributed by atoms with Gasteiger partial charge in [0.15, 0.2) is 10.9 Å². The summed E-state index contributed by atoms with van der Waals surface area (Å²) in [7, 11) is 1.29. The molecule has 214 valence electrons. The highest BCUT2D eigenvalue weighted by molar-refractivity contribution is 7.22. The number of fused-ring (bicyclic) bond motifs is 2. The van der Waals surface area contributed by atoms with Crippen LogP contribution in [0.1, 0.15) is 53.3 Å². The van der Waals surface area contributed by atoms with E-state index in [4.69, 9.17) is 37.2 Å². The zero-order chi connectivity index (χ0) is 28.2. The van der Waals surface area contributed by atoms with Gasteiger partial charge in [-0.3, -0.25) is 0 Å². The number of rotatable bonds is 8. The summed E-state index contributed by atoms with van der Waals surface area (Å²) in [6, 6.07) is 8.29. The summed E-state index contributed by atoms with van der Waals surface area (Å²) in [6.45, 7) is 2.85. The van der Waals surface area contributed by atoms with Crippen molar-refractivity contribution in [3.63, 3.8) is 0 Å². The number of aromatic nitrogens is 2. The SMILES string of the molecule is COC(=O)c1cc(F)c2nc(N3C[C@H]4CC(COCc5c(-c6c(Cl)cccc6Cl)noc5C5CC5)C[C@H]4C3)sc2c1. The average molecular weight is 617 g/mol. The molecule has 7 nitrogen and oxygen atoms in total. The molecule has 7 rings (SSSR count). The quantitative estimate of drug-likeness (QED) is 0.188. The van der Waals surface area contributed by atoms with Gasteiger partial charge in [-0.2, -0.15) is 0 Å². The van der Waals surface area contributed by atoms with Crippen LogP contribution < -0.4 is 4.90 Å². The molecule has 3 heterocycles. The van der Waals surface area contributed by atoms with Gasteiger partial charge < -0.3 is 18.9 Å². The first-order valence-electron chi connectivity index (χ1n) is 13.8. The third-order valence-corrected chi connectivity index (χ3v) is 10.2. The van der Waals surface area contributed by atoms with E-state index in [1.54, 1.807) is 6.07 Å². The summed E-state index contributed by atoms with van der Waals surface area (Å²) in [4.78, 5) is 18.7. The fourth-order valence-electron chi connectivity index (χ4n) is 6.44. The molecule has 0 radical (unpaired) electrons. The molecular weight excluding hydrogens is 588 g/mol. The van der Waals surface area contributed by atoms with Crippen LogP contribution in [0.25, 0.3) is 21.5 Å².